The Morgan fingerprint density at radius 2 is 1.71 bits per heavy atom. The topological polar surface area (TPSA) is 52.7 Å². The molecule has 164 valence electrons. The SMILES string of the molecule is O=C(NCCCN1CCCCC1)c1ccccc1SCC(=O)N1CCc2ccccc21. The number of carbonyl (C=O) groups is 2. The van der Waals surface area contributed by atoms with Crippen LogP contribution >= 0.6 is 11.8 Å². The standard InChI is InChI=1S/C25H31N3O2S/c29-24(28-18-13-20-9-2-4-11-22(20)28)19-31-23-12-5-3-10-21(23)25(30)26-14-8-17-27-15-6-1-7-16-27/h2-5,9-12H,1,6-8,13-19H2,(H,26,30). The number of carbonyl (C=O) groups excluding carboxylic acids is 2. The number of hydrogen-bond acceptors (Lipinski definition) is 4. The maximum Gasteiger partial charge on any atom is 0.252 e. The minimum Gasteiger partial charge on any atom is -0.352 e. The number of anilines is 1. The van der Waals surface area contributed by atoms with Crippen molar-refractivity contribution < 1.29 is 9.59 Å². The van der Waals surface area contributed by atoms with Crippen LogP contribution in [0.25, 0.3) is 0 Å². The van der Waals surface area contributed by atoms with E-state index in [0.29, 0.717) is 17.9 Å². The molecule has 2 amide bonds. The Hall–Kier alpha value is -2.31. The van der Waals surface area contributed by atoms with E-state index in [1.807, 2.05) is 47.4 Å². The minimum atomic E-state index is -0.0549. The fourth-order valence-electron chi connectivity index (χ4n) is 4.38. The second kappa shape index (κ2) is 10.8. The van der Waals surface area contributed by atoms with Crippen LogP contribution in [-0.4, -0.2) is 55.2 Å². The molecule has 2 heterocycles. The average Bonchev–Trinajstić information content (AvgIpc) is 3.25. The molecule has 4 rings (SSSR count). The molecule has 6 heteroatoms. The van der Waals surface area contributed by atoms with E-state index >= 15 is 0 Å². The highest BCUT2D eigenvalue weighted by atomic mass is 32.2. The van der Waals surface area contributed by atoms with Gasteiger partial charge in [0.05, 0.1) is 11.3 Å². The number of piperidine rings is 1. The molecule has 2 aliphatic heterocycles. The summed E-state index contributed by atoms with van der Waals surface area (Å²) in [5.41, 5.74) is 2.90. The highest BCUT2D eigenvalue weighted by Gasteiger charge is 2.24. The van der Waals surface area contributed by atoms with E-state index in [1.54, 1.807) is 0 Å². The van der Waals surface area contributed by atoms with Crippen LogP contribution in [0.5, 0.6) is 0 Å². The first kappa shape index (κ1) is 21.9. The molecule has 2 aromatic rings. The molecule has 1 fully saturated rings. The number of rotatable bonds is 8. The lowest BCUT2D eigenvalue weighted by atomic mass is 10.1. The minimum absolute atomic E-state index is 0.0549. The van der Waals surface area contributed by atoms with Crippen molar-refractivity contribution in [1.82, 2.24) is 10.2 Å². The normalized spacial score (nSPS) is 16.2. The van der Waals surface area contributed by atoms with Crippen LogP contribution in [-0.2, 0) is 11.2 Å². The predicted octanol–water partition coefficient (Wildman–Crippen LogP) is 3.97. The lowest BCUT2D eigenvalue weighted by Crippen LogP contribution is -2.33. The molecule has 2 aliphatic rings. The number of likely N-dealkylation sites (tertiary alicyclic amines) is 1. The Kier molecular flexibility index (Phi) is 7.65. The Balaban J connectivity index is 1.28. The van der Waals surface area contributed by atoms with Crippen LogP contribution in [0.4, 0.5) is 5.69 Å². The van der Waals surface area contributed by atoms with E-state index < -0.39 is 0 Å². The third kappa shape index (κ3) is 5.69. The third-order valence-corrected chi connectivity index (χ3v) is 7.11. The van der Waals surface area contributed by atoms with E-state index in [9.17, 15) is 9.59 Å². The lowest BCUT2D eigenvalue weighted by Gasteiger charge is -2.26. The van der Waals surface area contributed by atoms with E-state index in [2.05, 4.69) is 16.3 Å². The summed E-state index contributed by atoms with van der Waals surface area (Å²) in [6.45, 7) is 4.82. The number of nitrogens with one attached hydrogen (secondary N) is 1. The van der Waals surface area contributed by atoms with Crippen LogP contribution in [0.2, 0.25) is 0 Å². The largest absolute Gasteiger partial charge is 0.352 e. The molecule has 0 bridgehead atoms. The van der Waals surface area contributed by atoms with Gasteiger partial charge >= 0.3 is 0 Å². The molecule has 0 radical (unpaired) electrons. The number of benzene rings is 2. The first-order valence-electron chi connectivity index (χ1n) is 11.3. The van der Waals surface area contributed by atoms with Gasteiger partial charge in [0.1, 0.15) is 0 Å². The van der Waals surface area contributed by atoms with Gasteiger partial charge in [-0.2, -0.15) is 0 Å². The van der Waals surface area contributed by atoms with Gasteiger partial charge in [0.2, 0.25) is 5.91 Å². The van der Waals surface area contributed by atoms with Crippen LogP contribution in [0.15, 0.2) is 53.4 Å². The van der Waals surface area contributed by atoms with Crippen molar-refractivity contribution >= 4 is 29.3 Å². The monoisotopic (exact) mass is 437 g/mol. The van der Waals surface area contributed by atoms with Crippen LogP contribution < -0.4 is 10.2 Å². The average molecular weight is 438 g/mol. The third-order valence-electron chi connectivity index (χ3n) is 6.06. The summed E-state index contributed by atoms with van der Waals surface area (Å²) >= 11 is 1.45. The highest BCUT2D eigenvalue weighted by molar-refractivity contribution is 8.00. The maximum atomic E-state index is 12.8. The summed E-state index contributed by atoms with van der Waals surface area (Å²) in [7, 11) is 0. The molecule has 2 aromatic carbocycles. The highest BCUT2D eigenvalue weighted by Crippen LogP contribution is 2.29. The van der Waals surface area contributed by atoms with Crippen molar-refractivity contribution in [3.63, 3.8) is 0 Å². The van der Waals surface area contributed by atoms with Gasteiger partial charge < -0.3 is 15.1 Å². The molecule has 0 unspecified atom stereocenters. The van der Waals surface area contributed by atoms with Crippen molar-refractivity contribution in [2.75, 3.05) is 43.4 Å². The zero-order valence-corrected chi connectivity index (χ0v) is 18.8. The number of fused-ring (bicyclic) bond motifs is 1. The van der Waals surface area contributed by atoms with Gasteiger partial charge in [0.25, 0.3) is 5.91 Å². The second-order valence-corrected chi connectivity index (χ2v) is 9.24. The molecule has 0 atom stereocenters. The van der Waals surface area contributed by atoms with E-state index in [-0.39, 0.29) is 11.8 Å². The summed E-state index contributed by atoms with van der Waals surface area (Å²) in [5.74, 6) is 0.362. The quantitative estimate of drug-likeness (QED) is 0.501. The van der Waals surface area contributed by atoms with Gasteiger partial charge in [0, 0.05) is 23.7 Å². The number of amides is 2. The fraction of sp³-hybridized carbons (Fsp3) is 0.440. The lowest BCUT2D eigenvalue weighted by molar-refractivity contribution is -0.116. The van der Waals surface area contributed by atoms with Gasteiger partial charge in [-0.3, -0.25) is 9.59 Å². The van der Waals surface area contributed by atoms with Gasteiger partial charge in [-0.15, -0.1) is 11.8 Å². The van der Waals surface area contributed by atoms with E-state index in [4.69, 9.17) is 0 Å². The number of nitrogens with zero attached hydrogens (tertiary/aromatic N) is 2. The first-order chi connectivity index (χ1) is 15.2. The van der Waals surface area contributed by atoms with Gasteiger partial charge in [-0.1, -0.05) is 36.8 Å². The van der Waals surface area contributed by atoms with Crippen molar-refractivity contribution in [3.8, 4) is 0 Å². The van der Waals surface area contributed by atoms with Crippen molar-refractivity contribution in [3.05, 3.63) is 59.7 Å². The Labute approximate surface area is 189 Å². The summed E-state index contributed by atoms with van der Waals surface area (Å²) in [4.78, 5) is 30.8. The van der Waals surface area contributed by atoms with Crippen LogP contribution in [0, 0.1) is 0 Å². The van der Waals surface area contributed by atoms with Gasteiger partial charge in [-0.05, 0) is 69.1 Å². The molecule has 0 saturated carbocycles. The van der Waals surface area contributed by atoms with Crippen molar-refractivity contribution in [2.24, 2.45) is 0 Å². The Bertz CT molecular complexity index is 911. The number of hydrogen-bond donors (Lipinski definition) is 1. The van der Waals surface area contributed by atoms with E-state index in [0.717, 1.165) is 36.5 Å². The zero-order chi connectivity index (χ0) is 21.5. The maximum absolute atomic E-state index is 12.8. The predicted molar refractivity (Wildman–Crippen MR) is 127 cm³/mol. The number of para-hydroxylation sites is 1. The van der Waals surface area contributed by atoms with Crippen LogP contribution in [0.3, 0.4) is 0 Å². The van der Waals surface area contributed by atoms with Crippen LogP contribution in [0.1, 0.15) is 41.6 Å². The zero-order valence-electron chi connectivity index (χ0n) is 18.0. The summed E-state index contributed by atoms with van der Waals surface area (Å²) in [5, 5.41) is 3.06. The molecule has 1 saturated heterocycles. The van der Waals surface area contributed by atoms with Crippen molar-refractivity contribution in [1.29, 1.82) is 0 Å². The molecule has 1 N–H and O–H groups in total. The molecule has 5 nitrogen and oxygen atoms in total. The smallest absolute Gasteiger partial charge is 0.252 e. The molecule has 0 spiro atoms. The first-order valence-corrected chi connectivity index (χ1v) is 12.3. The number of thioether (sulfide) groups is 1. The molecule has 0 aromatic heterocycles. The Morgan fingerprint density at radius 3 is 2.58 bits per heavy atom. The molecular formula is C25H31N3O2S. The second-order valence-electron chi connectivity index (χ2n) is 8.22. The summed E-state index contributed by atoms with van der Waals surface area (Å²) < 4.78 is 0. The van der Waals surface area contributed by atoms with E-state index in [1.165, 1.54) is 49.7 Å². The molecule has 31 heavy (non-hydrogen) atoms. The Morgan fingerprint density at radius 1 is 0.935 bits per heavy atom. The molecular weight excluding hydrogens is 406 g/mol. The summed E-state index contributed by atoms with van der Waals surface area (Å²) in [6, 6.07) is 15.7. The van der Waals surface area contributed by atoms with Gasteiger partial charge in [0.15, 0.2) is 0 Å². The summed E-state index contributed by atoms with van der Waals surface area (Å²) in [6.07, 6.45) is 5.79. The molecule has 0 aliphatic carbocycles. The van der Waals surface area contributed by atoms with Crippen molar-refractivity contribution in [2.45, 2.75) is 37.0 Å². The fourth-order valence-corrected chi connectivity index (χ4v) is 5.30. The van der Waals surface area contributed by atoms with Gasteiger partial charge in [-0.25, -0.2) is 0 Å².